The van der Waals surface area contributed by atoms with E-state index in [0.29, 0.717) is 0 Å². The fourth-order valence-corrected chi connectivity index (χ4v) is 2.45. The van der Waals surface area contributed by atoms with Crippen LogP contribution in [0.15, 0.2) is 24.5 Å². The predicted octanol–water partition coefficient (Wildman–Crippen LogP) is 0.591. The number of nitrogens with zero attached hydrogens (tertiary/aromatic N) is 2. The Hall–Kier alpha value is -2.10. The number of hydrogen-bond donors (Lipinski definition) is 0. The van der Waals surface area contributed by atoms with E-state index >= 15 is 0 Å². The largest absolute Gasteiger partial charge is 0.538 e. The fraction of sp³-hybridized carbons (Fsp3) is 0.286. The number of carboxylic acids is 1. The van der Waals surface area contributed by atoms with Crippen molar-refractivity contribution in [3.8, 4) is 5.69 Å². The first kappa shape index (κ1) is 12.4. The van der Waals surface area contributed by atoms with Crippen LogP contribution >= 0.6 is 0 Å². The lowest BCUT2D eigenvalue weighted by molar-refractivity contribution is -0.602. The van der Waals surface area contributed by atoms with Gasteiger partial charge in [0.1, 0.15) is 18.1 Å². The molecule has 1 aromatic carbocycles. The van der Waals surface area contributed by atoms with Crippen molar-refractivity contribution < 1.29 is 14.5 Å². The van der Waals surface area contributed by atoms with E-state index in [1.807, 2.05) is 32.9 Å². The Morgan fingerprint density at radius 3 is 2.28 bits per heavy atom. The minimum absolute atomic E-state index is 0.144. The molecule has 0 aliphatic carbocycles. The van der Waals surface area contributed by atoms with Crippen LogP contribution in [-0.2, 0) is 7.05 Å². The first-order valence-corrected chi connectivity index (χ1v) is 5.78. The number of carboxylic acid groups (broad SMARTS) is 1. The van der Waals surface area contributed by atoms with E-state index in [0.717, 1.165) is 16.8 Å². The molecule has 2 rings (SSSR count). The number of aromatic carboxylic acids is 1. The van der Waals surface area contributed by atoms with E-state index in [1.165, 1.54) is 5.56 Å². The Morgan fingerprint density at radius 2 is 1.78 bits per heavy atom. The molecule has 0 aliphatic heterocycles. The van der Waals surface area contributed by atoms with Crippen molar-refractivity contribution in [2.75, 3.05) is 0 Å². The predicted molar refractivity (Wildman–Crippen MR) is 65.5 cm³/mol. The van der Waals surface area contributed by atoms with Crippen LogP contribution < -0.4 is 9.67 Å². The normalized spacial score (nSPS) is 10.7. The summed E-state index contributed by atoms with van der Waals surface area (Å²) in [6.07, 6.45) is 3.46. The quantitative estimate of drug-likeness (QED) is 0.726. The second-order valence-corrected chi connectivity index (χ2v) is 4.64. The van der Waals surface area contributed by atoms with Crippen LogP contribution in [0.4, 0.5) is 0 Å². The van der Waals surface area contributed by atoms with E-state index in [2.05, 4.69) is 0 Å². The van der Waals surface area contributed by atoms with Crippen molar-refractivity contribution in [1.82, 2.24) is 4.57 Å². The minimum Gasteiger partial charge on any atom is -0.538 e. The Labute approximate surface area is 106 Å². The molecular formula is C14H16N2O2. The van der Waals surface area contributed by atoms with Crippen LogP contribution in [0.1, 0.15) is 27.3 Å². The Balaban J connectivity index is 2.74. The third-order valence-corrected chi connectivity index (χ3v) is 3.06. The zero-order valence-electron chi connectivity index (χ0n) is 11.0. The second kappa shape index (κ2) is 4.29. The van der Waals surface area contributed by atoms with E-state index in [1.54, 1.807) is 28.6 Å². The summed E-state index contributed by atoms with van der Waals surface area (Å²) in [5.74, 6) is -1.04. The van der Waals surface area contributed by atoms with Crippen LogP contribution in [0.2, 0.25) is 0 Å². The van der Waals surface area contributed by atoms with Gasteiger partial charge in [0.25, 0.3) is 0 Å². The molecular weight excluding hydrogens is 228 g/mol. The first-order valence-electron chi connectivity index (χ1n) is 5.78. The fourth-order valence-electron chi connectivity index (χ4n) is 2.45. The maximum Gasteiger partial charge on any atom is 0.309 e. The van der Waals surface area contributed by atoms with Gasteiger partial charge < -0.3 is 9.90 Å². The number of rotatable bonds is 2. The summed E-state index contributed by atoms with van der Waals surface area (Å²) in [7, 11) is 1.69. The summed E-state index contributed by atoms with van der Waals surface area (Å²) in [5, 5.41) is 11.2. The highest BCUT2D eigenvalue weighted by atomic mass is 16.4. The van der Waals surface area contributed by atoms with Crippen LogP contribution in [0.3, 0.4) is 0 Å². The van der Waals surface area contributed by atoms with Gasteiger partial charge in [0.2, 0.25) is 0 Å². The number of hydrogen-bond acceptors (Lipinski definition) is 2. The maximum atomic E-state index is 11.2. The van der Waals surface area contributed by atoms with Gasteiger partial charge in [-0.05, 0) is 31.9 Å². The van der Waals surface area contributed by atoms with Gasteiger partial charge in [-0.15, -0.1) is 0 Å². The summed E-state index contributed by atoms with van der Waals surface area (Å²) in [6, 6.07) is 4.09. The molecule has 0 atom stereocenters. The van der Waals surface area contributed by atoms with Crippen molar-refractivity contribution in [3.63, 3.8) is 0 Å². The second-order valence-electron chi connectivity index (χ2n) is 4.64. The SMILES string of the molecule is Cc1cc(C)c(-[n+]2ccn(C)c2C(=O)[O-])c(C)c1. The summed E-state index contributed by atoms with van der Waals surface area (Å²) < 4.78 is 3.22. The van der Waals surface area contributed by atoms with Crippen molar-refractivity contribution in [2.24, 2.45) is 7.05 Å². The van der Waals surface area contributed by atoms with Crippen LogP contribution in [0.25, 0.3) is 5.69 Å². The molecule has 0 unspecified atom stereocenters. The Kier molecular flexibility index (Phi) is 2.95. The van der Waals surface area contributed by atoms with E-state index in [9.17, 15) is 9.90 Å². The Bertz CT molecular complexity index is 604. The van der Waals surface area contributed by atoms with Crippen LogP contribution in [0.5, 0.6) is 0 Å². The molecule has 1 heterocycles. The highest BCUT2D eigenvalue weighted by molar-refractivity contribution is 5.80. The molecule has 1 aromatic heterocycles. The molecule has 0 spiro atoms. The number of benzene rings is 1. The van der Waals surface area contributed by atoms with Crippen molar-refractivity contribution >= 4 is 5.97 Å². The molecule has 4 heteroatoms. The van der Waals surface area contributed by atoms with Gasteiger partial charge in [-0.2, -0.15) is 4.57 Å². The lowest BCUT2D eigenvalue weighted by Gasteiger charge is -2.10. The third kappa shape index (κ3) is 1.90. The lowest BCUT2D eigenvalue weighted by atomic mass is 10.0. The summed E-state index contributed by atoms with van der Waals surface area (Å²) in [6.45, 7) is 5.99. The number of imidazole rings is 1. The standard InChI is InChI=1S/C14H16N2O2/c1-9-7-10(2)12(11(3)8-9)16-6-5-15(4)13(16)14(17)18/h5-8H,1-4H3. The molecule has 18 heavy (non-hydrogen) atoms. The zero-order valence-corrected chi connectivity index (χ0v) is 11.0. The van der Waals surface area contributed by atoms with Gasteiger partial charge in [-0.25, -0.2) is 4.57 Å². The number of aromatic nitrogens is 2. The summed E-state index contributed by atoms with van der Waals surface area (Å²) >= 11 is 0. The molecule has 0 bridgehead atoms. The summed E-state index contributed by atoms with van der Waals surface area (Å²) in [5.41, 5.74) is 4.16. The van der Waals surface area contributed by atoms with Gasteiger partial charge >= 0.3 is 5.82 Å². The average molecular weight is 244 g/mol. The molecule has 0 saturated heterocycles. The molecule has 4 nitrogen and oxygen atoms in total. The number of carbonyl (C=O) groups is 1. The average Bonchev–Trinajstić information content (AvgIpc) is 2.58. The molecule has 0 aliphatic rings. The van der Waals surface area contributed by atoms with Crippen molar-refractivity contribution in [3.05, 3.63) is 47.0 Å². The zero-order chi connectivity index (χ0) is 13.4. The Morgan fingerprint density at radius 1 is 1.22 bits per heavy atom. The van der Waals surface area contributed by atoms with Gasteiger partial charge in [0.15, 0.2) is 5.97 Å². The maximum absolute atomic E-state index is 11.2. The lowest BCUT2D eigenvalue weighted by Crippen LogP contribution is -2.43. The monoisotopic (exact) mass is 244 g/mol. The van der Waals surface area contributed by atoms with Crippen molar-refractivity contribution in [2.45, 2.75) is 20.8 Å². The topological polar surface area (TPSA) is 48.9 Å². The van der Waals surface area contributed by atoms with Gasteiger partial charge in [-0.1, -0.05) is 17.7 Å². The van der Waals surface area contributed by atoms with Gasteiger partial charge in [0, 0.05) is 0 Å². The molecule has 2 aromatic rings. The van der Waals surface area contributed by atoms with Gasteiger partial charge in [-0.3, -0.25) is 0 Å². The smallest absolute Gasteiger partial charge is 0.309 e. The third-order valence-electron chi connectivity index (χ3n) is 3.06. The van der Waals surface area contributed by atoms with Crippen LogP contribution in [-0.4, -0.2) is 10.5 Å². The highest BCUT2D eigenvalue weighted by Gasteiger charge is 2.20. The molecule has 0 saturated carbocycles. The molecule has 0 N–H and O–H groups in total. The van der Waals surface area contributed by atoms with E-state index in [-0.39, 0.29) is 5.82 Å². The van der Waals surface area contributed by atoms with Crippen molar-refractivity contribution in [1.29, 1.82) is 0 Å². The molecule has 0 radical (unpaired) electrons. The number of carbonyl (C=O) groups excluding carboxylic acids is 1. The van der Waals surface area contributed by atoms with E-state index in [4.69, 9.17) is 0 Å². The number of aryl methyl sites for hydroxylation is 4. The molecule has 0 fully saturated rings. The first-order chi connectivity index (χ1) is 8.41. The minimum atomic E-state index is -1.18. The molecule has 0 amide bonds. The molecule has 94 valence electrons. The highest BCUT2D eigenvalue weighted by Crippen LogP contribution is 2.16. The van der Waals surface area contributed by atoms with E-state index < -0.39 is 5.97 Å². The van der Waals surface area contributed by atoms with Crippen LogP contribution in [0, 0.1) is 20.8 Å². The summed E-state index contributed by atoms with van der Waals surface area (Å²) in [4.78, 5) is 11.2. The van der Waals surface area contributed by atoms with Gasteiger partial charge in [0.05, 0.1) is 7.05 Å².